The summed E-state index contributed by atoms with van der Waals surface area (Å²) in [7, 11) is 3.20. The number of aromatic amines is 1. The van der Waals surface area contributed by atoms with E-state index in [9.17, 15) is 14.4 Å². The van der Waals surface area contributed by atoms with Crippen molar-refractivity contribution in [3.63, 3.8) is 0 Å². The number of aryl methyl sites for hydroxylation is 2. The molecule has 2 heterocycles. The maximum Gasteiger partial charge on any atom is 0.329 e. The molecule has 0 aliphatic carbocycles. The van der Waals surface area contributed by atoms with Crippen molar-refractivity contribution in [3.8, 4) is 0 Å². The molecule has 1 N–H and O–H groups in total. The Morgan fingerprint density at radius 2 is 1.88 bits per heavy atom. The lowest BCUT2D eigenvalue weighted by atomic mass is 10.1. The molecule has 0 unspecified atom stereocenters. The van der Waals surface area contributed by atoms with Crippen molar-refractivity contribution in [1.29, 1.82) is 0 Å². The number of carbonyl (C=O) groups is 1. The van der Waals surface area contributed by atoms with Crippen molar-refractivity contribution in [1.82, 2.24) is 19.1 Å². The largest absolute Gasteiger partial charge is 0.329 e. The molecular formula is C15H13ClN4O3S. The normalized spacial score (nSPS) is 11.1. The Labute approximate surface area is 145 Å². The van der Waals surface area contributed by atoms with E-state index in [1.54, 1.807) is 35.9 Å². The molecule has 3 aromatic rings. The Balaban J connectivity index is 1.90. The highest BCUT2D eigenvalue weighted by Gasteiger charge is 2.16. The van der Waals surface area contributed by atoms with Gasteiger partial charge >= 0.3 is 5.69 Å². The molecule has 0 radical (unpaired) electrons. The molecule has 3 rings (SSSR count). The van der Waals surface area contributed by atoms with Crippen LogP contribution in [0.15, 0.2) is 39.0 Å². The third-order valence-corrected chi connectivity index (χ3v) is 4.87. The molecule has 24 heavy (non-hydrogen) atoms. The van der Waals surface area contributed by atoms with Gasteiger partial charge in [-0.25, -0.2) is 9.78 Å². The van der Waals surface area contributed by atoms with E-state index in [0.29, 0.717) is 21.3 Å². The first-order valence-corrected chi connectivity index (χ1v) is 8.32. The van der Waals surface area contributed by atoms with Gasteiger partial charge in [0.15, 0.2) is 22.1 Å². The van der Waals surface area contributed by atoms with Crippen LogP contribution in [0.2, 0.25) is 5.02 Å². The lowest BCUT2D eigenvalue weighted by molar-refractivity contribution is 0.102. The Morgan fingerprint density at radius 1 is 1.21 bits per heavy atom. The molecule has 0 aliphatic rings. The monoisotopic (exact) mass is 364 g/mol. The summed E-state index contributed by atoms with van der Waals surface area (Å²) in [6.45, 7) is 0. The maximum atomic E-state index is 12.2. The number of H-pyrrole nitrogens is 1. The first-order valence-electron chi connectivity index (χ1n) is 6.96. The van der Waals surface area contributed by atoms with Crippen molar-refractivity contribution in [2.24, 2.45) is 14.1 Å². The number of nitrogens with zero attached hydrogens (tertiary/aromatic N) is 3. The van der Waals surface area contributed by atoms with E-state index in [2.05, 4.69) is 9.97 Å². The van der Waals surface area contributed by atoms with Crippen LogP contribution in [-0.2, 0) is 14.1 Å². The van der Waals surface area contributed by atoms with Gasteiger partial charge in [0.05, 0.1) is 5.75 Å². The molecule has 2 aromatic heterocycles. The molecule has 9 heteroatoms. The number of hydrogen-bond donors (Lipinski definition) is 1. The molecule has 0 amide bonds. The second kappa shape index (κ2) is 6.29. The number of carbonyl (C=O) groups excluding carboxylic acids is 1. The zero-order valence-electron chi connectivity index (χ0n) is 12.9. The van der Waals surface area contributed by atoms with Crippen LogP contribution in [0.5, 0.6) is 0 Å². The highest BCUT2D eigenvalue weighted by Crippen LogP contribution is 2.21. The smallest absolute Gasteiger partial charge is 0.316 e. The summed E-state index contributed by atoms with van der Waals surface area (Å²) < 4.78 is 2.84. The van der Waals surface area contributed by atoms with E-state index in [1.807, 2.05) is 0 Å². The summed E-state index contributed by atoms with van der Waals surface area (Å²) in [4.78, 5) is 42.4. The van der Waals surface area contributed by atoms with E-state index in [1.165, 1.54) is 23.4 Å². The minimum absolute atomic E-state index is 0.0773. The summed E-state index contributed by atoms with van der Waals surface area (Å²) in [5.74, 6) is 0.0801. The summed E-state index contributed by atoms with van der Waals surface area (Å²) in [5, 5.41) is 1.05. The third-order valence-electron chi connectivity index (χ3n) is 3.59. The minimum atomic E-state index is -0.528. The van der Waals surface area contributed by atoms with Crippen LogP contribution in [0.4, 0.5) is 0 Å². The van der Waals surface area contributed by atoms with E-state index in [0.717, 1.165) is 0 Å². The van der Waals surface area contributed by atoms with Crippen LogP contribution in [0.1, 0.15) is 10.4 Å². The number of rotatable bonds is 4. The van der Waals surface area contributed by atoms with Crippen molar-refractivity contribution in [2.45, 2.75) is 5.16 Å². The number of hydrogen-bond acceptors (Lipinski definition) is 5. The zero-order valence-corrected chi connectivity index (χ0v) is 14.4. The molecule has 0 fully saturated rings. The lowest BCUT2D eigenvalue weighted by Gasteiger charge is -2.02. The third kappa shape index (κ3) is 2.90. The van der Waals surface area contributed by atoms with Crippen LogP contribution in [0.3, 0.4) is 0 Å². The topological polar surface area (TPSA) is 89.8 Å². The van der Waals surface area contributed by atoms with Gasteiger partial charge in [0.2, 0.25) is 0 Å². The fourth-order valence-electron chi connectivity index (χ4n) is 2.27. The van der Waals surface area contributed by atoms with Crippen molar-refractivity contribution in [3.05, 3.63) is 55.7 Å². The predicted octanol–water partition coefficient (Wildman–Crippen LogP) is 1.59. The van der Waals surface area contributed by atoms with E-state index in [-0.39, 0.29) is 17.2 Å². The van der Waals surface area contributed by atoms with Gasteiger partial charge in [-0.3, -0.25) is 19.1 Å². The van der Waals surface area contributed by atoms with Crippen LogP contribution >= 0.6 is 23.4 Å². The summed E-state index contributed by atoms with van der Waals surface area (Å²) in [5.41, 5.74) is 0.0977. The number of fused-ring (bicyclic) bond motifs is 1. The first-order chi connectivity index (χ1) is 11.4. The number of nitrogens with one attached hydrogen (secondary N) is 1. The highest BCUT2D eigenvalue weighted by molar-refractivity contribution is 7.99. The Kier molecular flexibility index (Phi) is 4.33. The SMILES string of the molecule is Cn1c(SCC(=O)c2ccc(Cl)cc2)nc2c1c(=O)[nH]c(=O)n2C. The van der Waals surface area contributed by atoms with Gasteiger partial charge in [0.1, 0.15) is 0 Å². The fraction of sp³-hybridized carbons (Fsp3) is 0.200. The van der Waals surface area contributed by atoms with Crippen molar-refractivity contribution >= 4 is 40.3 Å². The Hall–Kier alpha value is -2.32. The molecule has 7 nitrogen and oxygen atoms in total. The van der Waals surface area contributed by atoms with Gasteiger partial charge < -0.3 is 4.57 Å². The van der Waals surface area contributed by atoms with Crippen molar-refractivity contribution < 1.29 is 4.79 Å². The highest BCUT2D eigenvalue weighted by atomic mass is 35.5. The Bertz CT molecular complexity index is 1050. The fourth-order valence-corrected chi connectivity index (χ4v) is 3.26. The van der Waals surface area contributed by atoms with Crippen LogP contribution in [-0.4, -0.2) is 30.6 Å². The maximum absolute atomic E-state index is 12.2. The van der Waals surface area contributed by atoms with Crippen LogP contribution < -0.4 is 11.2 Å². The van der Waals surface area contributed by atoms with Gasteiger partial charge in [-0.05, 0) is 24.3 Å². The van der Waals surface area contributed by atoms with Gasteiger partial charge in [0.25, 0.3) is 5.56 Å². The summed E-state index contributed by atoms with van der Waals surface area (Å²) in [6, 6.07) is 6.64. The second-order valence-electron chi connectivity index (χ2n) is 5.16. The molecule has 124 valence electrons. The number of benzene rings is 1. The number of ketones is 1. The molecule has 0 spiro atoms. The van der Waals surface area contributed by atoms with E-state index < -0.39 is 11.2 Å². The number of halogens is 1. The number of thioether (sulfide) groups is 1. The standard InChI is InChI=1S/C15H13ClN4O3S/c1-19-11-12(20(2)14(23)18-13(11)22)17-15(19)24-7-10(21)8-3-5-9(16)6-4-8/h3-6H,7H2,1-2H3,(H,18,22,23). The predicted molar refractivity (Wildman–Crippen MR) is 93.1 cm³/mol. The van der Waals surface area contributed by atoms with Crippen LogP contribution in [0, 0.1) is 0 Å². The molecule has 0 aliphatic heterocycles. The van der Waals surface area contributed by atoms with Gasteiger partial charge in [0, 0.05) is 24.7 Å². The van der Waals surface area contributed by atoms with Gasteiger partial charge in [-0.15, -0.1) is 0 Å². The average molecular weight is 365 g/mol. The number of aromatic nitrogens is 4. The zero-order chi connectivity index (χ0) is 17.4. The molecule has 0 saturated heterocycles. The van der Waals surface area contributed by atoms with E-state index >= 15 is 0 Å². The first kappa shape index (κ1) is 16.5. The van der Waals surface area contributed by atoms with E-state index in [4.69, 9.17) is 11.6 Å². The summed E-state index contributed by atoms with van der Waals surface area (Å²) >= 11 is 7.01. The molecule has 1 aromatic carbocycles. The molecule has 0 bridgehead atoms. The number of imidazole rings is 1. The molecule has 0 atom stereocenters. The average Bonchev–Trinajstić information content (AvgIpc) is 2.88. The molecule has 0 saturated carbocycles. The van der Waals surface area contributed by atoms with Gasteiger partial charge in [-0.1, -0.05) is 23.4 Å². The van der Waals surface area contributed by atoms with Crippen molar-refractivity contribution in [2.75, 3.05) is 5.75 Å². The minimum Gasteiger partial charge on any atom is -0.316 e. The van der Waals surface area contributed by atoms with Gasteiger partial charge in [-0.2, -0.15) is 0 Å². The lowest BCUT2D eigenvalue weighted by Crippen LogP contribution is -2.29. The van der Waals surface area contributed by atoms with Crippen LogP contribution in [0.25, 0.3) is 11.2 Å². The Morgan fingerprint density at radius 3 is 2.54 bits per heavy atom. The number of Topliss-reactive ketones (excluding diaryl/α,β-unsaturated/α-hetero) is 1. The second-order valence-corrected chi connectivity index (χ2v) is 6.54. The quantitative estimate of drug-likeness (QED) is 0.561. The molecular weight excluding hydrogens is 352 g/mol. The summed E-state index contributed by atoms with van der Waals surface area (Å²) in [6.07, 6.45) is 0.